The van der Waals surface area contributed by atoms with Gasteiger partial charge in [-0.15, -0.1) is 10.2 Å². The SMILES string of the molecule is CC1(F)CC2=C(C=C1N1C[C@@H]3C(CN4CCN(c5ccc(C(=O)NC6CCC(Oc7ccc(C#N)c(Cl)c7)CC6)nn5)CC4)[C@@H]3C1)C(=O)N(C1CCC(=O)NC1=O)C2=O. The number of imide groups is 2. The van der Waals surface area contributed by atoms with Crippen molar-refractivity contribution in [2.75, 3.05) is 50.7 Å². The lowest BCUT2D eigenvalue weighted by molar-refractivity contribution is -0.150. The van der Waals surface area contributed by atoms with Crippen molar-refractivity contribution in [3.8, 4) is 11.8 Å². The van der Waals surface area contributed by atoms with E-state index in [1.807, 2.05) is 17.0 Å². The number of hydrogen-bond donors (Lipinski definition) is 2. The van der Waals surface area contributed by atoms with Crippen molar-refractivity contribution in [1.29, 1.82) is 5.26 Å². The van der Waals surface area contributed by atoms with E-state index in [1.165, 1.54) is 13.0 Å². The lowest BCUT2D eigenvalue weighted by Crippen LogP contribution is -2.54. The zero-order valence-electron chi connectivity index (χ0n) is 32.7. The average molecular weight is 826 g/mol. The van der Waals surface area contributed by atoms with Gasteiger partial charge in [-0.2, -0.15) is 5.26 Å². The minimum absolute atomic E-state index is 0.00625. The smallest absolute Gasteiger partial charge is 0.272 e. The van der Waals surface area contributed by atoms with E-state index in [1.54, 1.807) is 24.3 Å². The van der Waals surface area contributed by atoms with E-state index in [2.05, 4.69) is 30.6 Å². The topological polar surface area (TPSA) is 181 Å². The third-order valence-electron chi connectivity index (χ3n) is 13.2. The molecule has 15 nitrogen and oxygen atoms in total. The van der Waals surface area contributed by atoms with E-state index >= 15 is 4.39 Å². The number of carbonyl (C=O) groups is 5. The van der Waals surface area contributed by atoms with Gasteiger partial charge in [0.2, 0.25) is 11.8 Å². The number of benzene rings is 1. The number of anilines is 1. The average Bonchev–Trinajstić information content (AvgIpc) is 3.52. The number of nitriles is 1. The second kappa shape index (κ2) is 15.3. The Hall–Kier alpha value is -5.40. The van der Waals surface area contributed by atoms with Crippen molar-refractivity contribution in [3.63, 3.8) is 0 Å². The van der Waals surface area contributed by atoms with E-state index in [4.69, 9.17) is 21.6 Å². The fourth-order valence-corrected chi connectivity index (χ4v) is 10.1. The van der Waals surface area contributed by atoms with E-state index in [0.717, 1.165) is 69.1 Å². The molecule has 3 unspecified atom stereocenters. The first-order chi connectivity index (χ1) is 28.4. The minimum atomic E-state index is -1.84. The number of amides is 5. The van der Waals surface area contributed by atoms with Crippen LogP contribution in [-0.4, -0.2) is 124 Å². The summed E-state index contributed by atoms with van der Waals surface area (Å²) in [5.74, 6) is 0.0739. The minimum Gasteiger partial charge on any atom is -0.490 e. The molecule has 308 valence electrons. The van der Waals surface area contributed by atoms with Gasteiger partial charge in [-0.1, -0.05) is 11.6 Å². The van der Waals surface area contributed by atoms with Crippen LogP contribution in [0.2, 0.25) is 5.02 Å². The lowest BCUT2D eigenvalue weighted by atomic mass is 9.85. The molecule has 17 heteroatoms. The van der Waals surface area contributed by atoms with Gasteiger partial charge in [0.1, 0.15) is 17.9 Å². The number of hydrogen-bond acceptors (Lipinski definition) is 12. The molecule has 2 saturated carbocycles. The molecule has 1 aromatic heterocycles. The highest BCUT2D eigenvalue weighted by atomic mass is 35.5. The Morgan fingerprint density at radius 1 is 1.00 bits per heavy atom. The number of piperidine rings is 2. The molecule has 3 aliphatic carbocycles. The predicted octanol–water partition coefficient (Wildman–Crippen LogP) is 2.91. The number of halogens is 2. The number of carbonyl (C=O) groups excluding carboxylic acids is 5. The summed E-state index contributed by atoms with van der Waals surface area (Å²) >= 11 is 6.14. The van der Waals surface area contributed by atoms with Gasteiger partial charge in [0.25, 0.3) is 17.7 Å². The molecule has 5 atom stereocenters. The van der Waals surface area contributed by atoms with Crippen molar-refractivity contribution in [2.24, 2.45) is 17.8 Å². The Morgan fingerprint density at radius 3 is 2.41 bits per heavy atom. The lowest BCUT2D eigenvalue weighted by Gasteiger charge is -2.37. The van der Waals surface area contributed by atoms with Gasteiger partial charge in [-0.3, -0.25) is 39.1 Å². The molecule has 0 spiro atoms. The molecule has 5 fully saturated rings. The molecule has 1 aromatic carbocycles. The number of nitrogens with zero attached hydrogens (tertiary/aromatic N) is 7. The molecule has 9 rings (SSSR count). The normalized spacial score (nSPS) is 30.7. The summed E-state index contributed by atoms with van der Waals surface area (Å²) in [6, 6.07) is 9.61. The summed E-state index contributed by atoms with van der Waals surface area (Å²) in [5.41, 5.74) is -0.509. The first kappa shape index (κ1) is 39.1. The van der Waals surface area contributed by atoms with Gasteiger partial charge in [-0.25, -0.2) is 4.39 Å². The highest BCUT2D eigenvalue weighted by molar-refractivity contribution is 6.31. The Kier molecular flexibility index (Phi) is 10.2. The zero-order chi connectivity index (χ0) is 41.2. The molecule has 4 aliphatic heterocycles. The van der Waals surface area contributed by atoms with Gasteiger partial charge in [-0.05, 0) is 87.1 Å². The van der Waals surface area contributed by atoms with Crippen LogP contribution in [0.1, 0.15) is 67.9 Å². The molecular weight excluding hydrogens is 781 g/mol. The number of allylic oxidation sites excluding steroid dienone is 1. The van der Waals surface area contributed by atoms with Crippen LogP contribution in [0, 0.1) is 29.1 Å². The van der Waals surface area contributed by atoms with E-state index in [-0.39, 0.29) is 54.2 Å². The molecule has 7 aliphatic rings. The molecule has 59 heavy (non-hydrogen) atoms. The first-order valence-electron chi connectivity index (χ1n) is 20.5. The van der Waals surface area contributed by atoms with Gasteiger partial charge in [0, 0.05) is 76.3 Å². The molecule has 5 amide bonds. The number of likely N-dealkylation sites (tertiary alicyclic amines) is 1. The van der Waals surface area contributed by atoms with Crippen molar-refractivity contribution in [1.82, 2.24) is 35.5 Å². The van der Waals surface area contributed by atoms with Crippen LogP contribution < -0.4 is 20.3 Å². The fraction of sp³-hybridized carbons (Fsp3) is 0.524. The molecular formula is C42H45ClFN9O6. The Labute approximate surface area is 345 Å². The summed E-state index contributed by atoms with van der Waals surface area (Å²) in [6.07, 6.45) is 4.47. The Morgan fingerprint density at radius 2 is 1.75 bits per heavy atom. The maximum atomic E-state index is 16.3. The monoisotopic (exact) mass is 825 g/mol. The molecule has 2 N–H and O–H groups in total. The van der Waals surface area contributed by atoms with Gasteiger partial charge >= 0.3 is 0 Å². The number of alkyl halides is 1. The van der Waals surface area contributed by atoms with Crippen molar-refractivity contribution in [2.45, 2.75) is 75.7 Å². The summed E-state index contributed by atoms with van der Waals surface area (Å²) < 4.78 is 22.3. The van der Waals surface area contributed by atoms with E-state index in [9.17, 15) is 24.0 Å². The van der Waals surface area contributed by atoms with Gasteiger partial charge in [0.15, 0.2) is 17.2 Å². The van der Waals surface area contributed by atoms with Crippen LogP contribution in [0.4, 0.5) is 10.2 Å². The summed E-state index contributed by atoms with van der Waals surface area (Å²) in [6.45, 7) is 7.05. The third kappa shape index (κ3) is 7.55. The van der Waals surface area contributed by atoms with Crippen LogP contribution in [0.3, 0.4) is 0 Å². The zero-order valence-corrected chi connectivity index (χ0v) is 33.4. The standard InChI is InChI=1S/C42H45ClFN9O6/c1-42(44)18-28-27(40(57)53(41(28)58)34-9-11-37(54)47-39(34)56)17-35(42)52-21-30-29(31(30)22-52)20-50-12-14-51(15-13-50)36-10-8-33(48-49-36)38(55)46-24-3-6-25(7-4-24)59-26-5-2-23(19-45)32(43)16-26/h2,5,8,10,16-17,24-25,29-31,34H,3-4,6-7,9,11-15,18,20-22H2,1H3,(H,46,55)(H,47,54,56)/t24?,25?,29?,30-,31+,34?,42?. The molecule has 0 radical (unpaired) electrons. The summed E-state index contributed by atoms with van der Waals surface area (Å²) in [5, 5.41) is 23.4. The van der Waals surface area contributed by atoms with Gasteiger partial charge < -0.3 is 19.9 Å². The highest BCUT2D eigenvalue weighted by Crippen LogP contribution is 2.55. The molecule has 5 heterocycles. The second-order valence-corrected chi connectivity index (χ2v) is 17.4. The van der Waals surface area contributed by atoms with Crippen molar-refractivity contribution in [3.05, 3.63) is 69.5 Å². The molecule has 3 saturated heterocycles. The number of piperazine rings is 1. The maximum absolute atomic E-state index is 16.3. The number of rotatable bonds is 9. The van der Waals surface area contributed by atoms with E-state index < -0.39 is 35.3 Å². The Bertz CT molecular complexity index is 2200. The molecule has 2 aromatic rings. The van der Waals surface area contributed by atoms with Crippen LogP contribution in [0.25, 0.3) is 0 Å². The number of nitrogens with one attached hydrogen (secondary N) is 2. The number of fused-ring (bicyclic) bond motifs is 1. The summed E-state index contributed by atoms with van der Waals surface area (Å²) in [7, 11) is 0. The maximum Gasteiger partial charge on any atom is 0.272 e. The largest absolute Gasteiger partial charge is 0.490 e. The first-order valence-corrected chi connectivity index (χ1v) is 20.8. The van der Waals surface area contributed by atoms with Gasteiger partial charge in [0.05, 0.1) is 28.0 Å². The predicted molar refractivity (Wildman–Crippen MR) is 210 cm³/mol. The van der Waals surface area contributed by atoms with Crippen molar-refractivity contribution < 1.29 is 33.1 Å². The molecule has 0 bridgehead atoms. The van der Waals surface area contributed by atoms with Crippen LogP contribution in [0.5, 0.6) is 5.75 Å². The quantitative estimate of drug-likeness (QED) is 0.354. The second-order valence-electron chi connectivity index (χ2n) is 17.0. The summed E-state index contributed by atoms with van der Waals surface area (Å²) in [4.78, 5) is 71.5. The van der Waals surface area contributed by atoms with Crippen LogP contribution in [0.15, 0.2) is 53.3 Å². The third-order valence-corrected chi connectivity index (χ3v) is 13.5. The fourth-order valence-electron chi connectivity index (χ4n) is 9.90. The number of aromatic nitrogens is 2. The highest BCUT2D eigenvalue weighted by Gasteiger charge is 2.58. The Balaban J connectivity index is 0.715. The van der Waals surface area contributed by atoms with Crippen molar-refractivity contribution >= 4 is 47.0 Å². The van der Waals surface area contributed by atoms with Crippen LogP contribution in [-0.2, 0) is 19.2 Å². The van der Waals surface area contributed by atoms with E-state index in [0.29, 0.717) is 52.9 Å². The van der Waals surface area contributed by atoms with Crippen LogP contribution >= 0.6 is 11.6 Å². The number of ether oxygens (including phenoxy) is 1.